The first-order valence-corrected chi connectivity index (χ1v) is 10.8. The summed E-state index contributed by atoms with van der Waals surface area (Å²) in [6.07, 6.45) is 5.28. The van der Waals surface area contributed by atoms with E-state index in [1.54, 1.807) is 18.2 Å². The largest absolute Gasteiger partial charge is 0.381 e. The monoisotopic (exact) mass is 425 g/mol. The Bertz CT molecular complexity index is 1260. The fourth-order valence-electron chi connectivity index (χ4n) is 4.07. The molecule has 11 heteroatoms. The van der Waals surface area contributed by atoms with Crippen molar-refractivity contribution < 1.29 is 13.2 Å². The highest BCUT2D eigenvalue weighted by Crippen LogP contribution is 2.47. The molecular formula is C19H19N7O3S. The van der Waals surface area contributed by atoms with E-state index in [1.165, 1.54) is 27.8 Å². The van der Waals surface area contributed by atoms with Crippen LogP contribution in [-0.2, 0) is 14.8 Å². The van der Waals surface area contributed by atoms with Crippen molar-refractivity contribution in [3.05, 3.63) is 42.6 Å². The van der Waals surface area contributed by atoms with Crippen molar-refractivity contribution in [2.75, 3.05) is 18.8 Å². The predicted octanol–water partition coefficient (Wildman–Crippen LogP) is 0.969. The summed E-state index contributed by atoms with van der Waals surface area (Å²) in [4.78, 5) is 24.1. The van der Waals surface area contributed by atoms with Gasteiger partial charge in [-0.3, -0.25) is 4.79 Å². The number of nitrogens with two attached hydrogens (primary N) is 1. The number of nitrogen functional groups attached to an aromatic ring is 1. The van der Waals surface area contributed by atoms with Crippen LogP contribution >= 0.6 is 0 Å². The molecule has 2 fully saturated rings. The summed E-state index contributed by atoms with van der Waals surface area (Å²) < 4.78 is 29.0. The number of rotatable bonds is 4. The molecule has 1 saturated heterocycles. The first kappa shape index (κ1) is 18.8. The zero-order valence-electron chi connectivity index (χ0n) is 16.2. The van der Waals surface area contributed by atoms with Gasteiger partial charge in [-0.1, -0.05) is 6.07 Å². The molecule has 1 aromatic carbocycles. The smallest absolute Gasteiger partial charge is 0.243 e. The molecular weight excluding hydrogens is 406 g/mol. The lowest BCUT2D eigenvalue weighted by molar-refractivity contribution is -0.140. The average molecular weight is 425 g/mol. The van der Waals surface area contributed by atoms with Crippen molar-refractivity contribution in [2.45, 2.75) is 24.7 Å². The van der Waals surface area contributed by atoms with E-state index < -0.39 is 10.0 Å². The van der Waals surface area contributed by atoms with Gasteiger partial charge in [-0.15, -0.1) is 0 Å². The highest BCUT2D eigenvalue weighted by Gasteiger charge is 2.55. The van der Waals surface area contributed by atoms with Crippen molar-refractivity contribution in [3.63, 3.8) is 0 Å². The molecule has 1 aliphatic carbocycles. The summed E-state index contributed by atoms with van der Waals surface area (Å²) in [5.41, 5.74) is 7.75. The van der Waals surface area contributed by atoms with Crippen LogP contribution in [0.4, 0.5) is 5.82 Å². The Morgan fingerprint density at radius 1 is 1.20 bits per heavy atom. The molecule has 1 spiro atoms. The summed E-state index contributed by atoms with van der Waals surface area (Å²) in [6.45, 7) is 2.66. The van der Waals surface area contributed by atoms with E-state index in [1.807, 2.05) is 6.92 Å². The number of aromatic nitrogens is 5. The van der Waals surface area contributed by atoms with Gasteiger partial charge in [0.15, 0.2) is 11.6 Å². The van der Waals surface area contributed by atoms with Crippen molar-refractivity contribution in [2.24, 2.45) is 5.41 Å². The number of benzene rings is 1. The third-order valence-electron chi connectivity index (χ3n) is 5.71. The summed E-state index contributed by atoms with van der Waals surface area (Å²) >= 11 is 0. The number of sulfonamides is 1. The van der Waals surface area contributed by atoms with Gasteiger partial charge in [0, 0.05) is 36.9 Å². The quantitative estimate of drug-likeness (QED) is 0.653. The second-order valence-corrected chi connectivity index (χ2v) is 9.88. The number of carbonyl (C=O) groups excluding carboxylic acids is 1. The normalized spacial score (nSPS) is 18.2. The maximum absolute atomic E-state index is 13.1. The number of aryl methyl sites for hydroxylation is 1. The van der Waals surface area contributed by atoms with Crippen LogP contribution in [0.3, 0.4) is 0 Å². The molecule has 1 saturated carbocycles. The van der Waals surface area contributed by atoms with Crippen LogP contribution in [0, 0.1) is 12.3 Å². The van der Waals surface area contributed by atoms with Crippen LogP contribution in [0.5, 0.6) is 0 Å². The summed E-state index contributed by atoms with van der Waals surface area (Å²) in [7, 11) is -3.65. The molecule has 0 amide bonds. The second kappa shape index (κ2) is 6.41. The van der Waals surface area contributed by atoms with Gasteiger partial charge in [-0.05, 0) is 24.6 Å². The Kier molecular flexibility index (Phi) is 4.02. The van der Waals surface area contributed by atoms with Crippen LogP contribution in [-0.4, -0.2) is 56.3 Å². The molecule has 0 unspecified atom stereocenters. The highest BCUT2D eigenvalue weighted by molar-refractivity contribution is 7.89. The van der Waals surface area contributed by atoms with Gasteiger partial charge < -0.3 is 5.73 Å². The standard InChI is InChI=1S/C19H19N7O3S/c1-12-2-3-14(30(28,29)25-8-19(9-25)5-13(27)6-19)4-15(12)16-7-22-17(20)18(24-16)26-11-21-10-23-26/h2-4,7,10-11H,5-6,8-9H2,1H3,(H2,20,22). The molecule has 5 rings (SSSR count). The third kappa shape index (κ3) is 2.89. The fourth-order valence-corrected chi connectivity index (χ4v) is 5.76. The van der Waals surface area contributed by atoms with Gasteiger partial charge in [0.2, 0.25) is 10.0 Å². The number of carbonyl (C=O) groups is 1. The lowest BCUT2D eigenvalue weighted by Gasteiger charge is -2.53. The molecule has 10 nitrogen and oxygen atoms in total. The molecule has 3 heterocycles. The molecule has 0 bridgehead atoms. The van der Waals surface area contributed by atoms with E-state index in [-0.39, 0.29) is 21.9 Å². The van der Waals surface area contributed by atoms with Gasteiger partial charge in [0.1, 0.15) is 18.4 Å². The number of Topliss-reactive ketones (excluding diaryl/α,β-unsaturated/α-hetero) is 1. The first-order valence-electron chi connectivity index (χ1n) is 9.38. The molecule has 2 N–H and O–H groups in total. The minimum Gasteiger partial charge on any atom is -0.381 e. The summed E-state index contributed by atoms with van der Waals surface area (Å²) in [6, 6.07) is 4.94. The molecule has 2 aromatic heterocycles. The van der Waals surface area contributed by atoms with Crippen LogP contribution < -0.4 is 5.73 Å². The zero-order valence-corrected chi connectivity index (χ0v) is 17.0. The Morgan fingerprint density at radius 3 is 2.63 bits per heavy atom. The molecule has 1 aliphatic heterocycles. The first-order chi connectivity index (χ1) is 14.3. The van der Waals surface area contributed by atoms with Gasteiger partial charge in [0.05, 0.1) is 16.8 Å². The average Bonchev–Trinajstić information content (AvgIpc) is 3.18. The van der Waals surface area contributed by atoms with E-state index >= 15 is 0 Å². The minimum absolute atomic E-state index is 0.146. The molecule has 30 heavy (non-hydrogen) atoms. The van der Waals surface area contributed by atoms with Gasteiger partial charge in [-0.25, -0.2) is 23.4 Å². The van der Waals surface area contributed by atoms with Gasteiger partial charge in [0.25, 0.3) is 0 Å². The summed E-state index contributed by atoms with van der Waals surface area (Å²) in [5.74, 6) is 0.707. The Hall–Kier alpha value is -3.18. The molecule has 2 aliphatic rings. The maximum atomic E-state index is 13.1. The van der Waals surface area contributed by atoms with Crippen LogP contribution in [0.25, 0.3) is 17.1 Å². The van der Waals surface area contributed by atoms with Crippen LogP contribution in [0.2, 0.25) is 0 Å². The van der Waals surface area contributed by atoms with Crippen molar-refractivity contribution >= 4 is 21.6 Å². The van der Waals surface area contributed by atoms with Gasteiger partial charge >= 0.3 is 0 Å². The van der Waals surface area contributed by atoms with E-state index in [0.717, 1.165) is 5.56 Å². The van der Waals surface area contributed by atoms with Crippen molar-refractivity contribution in [3.8, 4) is 17.1 Å². The van der Waals surface area contributed by atoms with E-state index in [9.17, 15) is 13.2 Å². The summed E-state index contributed by atoms with van der Waals surface area (Å²) in [5, 5.41) is 4.03. The van der Waals surface area contributed by atoms with Gasteiger partial charge in [-0.2, -0.15) is 14.1 Å². The lowest BCUT2D eigenvalue weighted by atomic mass is 9.64. The number of hydrogen-bond acceptors (Lipinski definition) is 8. The fraction of sp³-hybridized carbons (Fsp3) is 0.316. The van der Waals surface area contributed by atoms with Crippen LogP contribution in [0.1, 0.15) is 18.4 Å². The Labute approximate surface area is 172 Å². The van der Waals surface area contributed by atoms with E-state index in [2.05, 4.69) is 20.1 Å². The predicted molar refractivity (Wildman–Crippen MR) is 107 cm³/mol. The Balaban J connectivity index is 1.49. The SMILES string of the molecule is Cc1ccc(S(=O)(=O)N2CC3(CC(=O)C3)C2)cc1-c1cnc(N)c(-n2cncn2)n1. The number of hydrogen-bond donors (Lipinski definition) is 1. The van der Waals surface area contributed by atoms with E-state index in [4.69, 9.17) is 5.73 Å². The minimum atomic E-state index is -3.65. The topological polar surface area (TPSA) is 137 Å². The number of ketones is 1. The number of nitrogens with zero attached hydrogens (tertiary/aromatic N) is 6. The second-order valence-electron chi connectivity index (χ2n) is 7.95. The van der Waals surface area contributed by atoms with Crippen molar-refractivity contribution in [1.82, 2.24) is 29.0 Å². The van der Waals surface area contributed by atoms with Crippen LogP contribution in [0.15, 0.2) is 41.9 Å². The van der Waals surface area contributed by atoms with E-state index in [0.29, 0.717) is 43.0 Å². The molecule has 0 atom stereocenters. The highest BCUT2D eigenvalue weighted by atomic mass is 32.2. The maximum Gasteiger partial charge on any atom is 0.243 e. The number of anilines is 1. The molecule has 3 aromatic rings. The Morgan fingerprint density at radius 2 is 1.97 bits per heavy atom. The molecule has 0 radical (unpaired) electrons. The zero-order chi connectivity index (χ0) is 21.1. The van der Waals surface area contributed by atoms with Crippen molar-refractivity contribution in [1.29, 1.82) is 0 Å². The third-order valence-corrected chi connectivity index (χ3v) is 7.50. The lowest BCUT2D eigenvalue weighted by Crippen LogP contribution is -2.63. The molecule has 154 valence electrons.